The van der Waals surface area contributed by atoms with Crippen LogP contribution in [0, 0.1) is 5.82 Å². The van der Waals surface area contributed by atoms with E-state index < -0.39 is 5.38 Å². The van der Waals surface area contributed by atoms with Gasteiger partial charge in [-0.1, -0.05) is 6.92 Å². The molecule has 1 N–H and O–H groups in total. The number of carbonyl (C=O) groups excluding carboxylic acids is 1. The van der Waals surface area contributed by atoms with Crippen LogP contribution in [0.25, 0.3) is 0 Å². The summed E-state index contributed by atoms with van der Waals surface area (Å²) in [5.74, 6) is -0.596. The van der Waals surface area contributed by atoms with Gasteiger partial charge in [0.2, 0.25) is 5.91 Å². The predicted octanol–water partition coefficient (Wildman–Crippen LogP) is 2.78. The molecule has 0 unspecified atom stereocenters. The van der Waals surface area contributed by atoms with Gasteiger partial charge >= 0.3 is 0 Å². The van der Waals surface area contributed by atoms with Crippen molar-refractivity contribution in [1.29, 1.82) is 0 Å². The SMILES string of the molecule is CC[C@@H](Cl)C(=O)Nc1ccc(F)cc1. The molecule has 0 aliphatic carbocycles. The van der Waals surface area contributed by atoms with E-state index >= 15 is 0 Å². The number of anilines is 1. The number of hydrogen-bond acceptors (Lipinski definition) is 1. The molecule has 76 valence electrons. The number of benzene rings is 1. The Kier molecular flexibility index (Phi) is 3.89. The smallest absolute Gasteiger partial charge is 0.242 e. The van der Waals surface area contributed by atoms with Crippen LogP contribution in [0.15, 0.2) is 24.3 Å². The van der Waals surface area contributed by atoms with Gasteiger partial charge in [-0.25, -0.2) is 4.39 Å². The zero-order valence-electron chi connectivity index (χ0n) is 7.76. The maximum Gasteiger partial charge on any atom is 0.242 e. The quantitative estimate of drug-likeness (QED) is 0.772. The Hall–Kier alpha value is -1.09. The fraction of sp³-hybridized carbons (Fsp3) is 0.300. The van der Waals surface area contributed by atoms with Crippen molar-refractivity contribution in [2.24, 2.45) is 0 Å². The Bertz CT molecular complexity index is 312. The fourth-order valence-corrected chi connectivity index (χ4v) is 0.994. The zero-order valence-corrected chi connectivity index (χ0v) is 8.51. The van der Waals surface area contributed by atoms with Gasteiger partial charge in [0, 0.05) is 5.69 Å². The second-order valence-electron chi connectivity index (χ2n) is 2.87. The molecule has 0 aromatic heterocycles. The summed E-state index contributed by atoms with van der Waals surface area (Å²) in [6.07, 6.45) is 0.564. The van der Waals surface area contributed by atoms with Crippen molar-refractivity contribution in [3.63, 3.8) is 0 Å². The summed E-state index contributed by atoms with van der Waals surface area (Å²) in [6.45, 7) is 1.82. The standard InChI is InChI=1S/C10H11ClFNO/c1-2-9(11)10(14)13-8-5-3-7(12)4-6-8/h3-6,9H,2H2,1H3,(H,13,14)/t9-/m1/s1. The number of halogens is 2. The topological polar surface area (TPSA) is 29.1 Å². The highest BCUT2D eigenvalue weighted by molar-refractivity contribution is 6.32. The highest BCUT2D eigenvalue weighted by Gasteiger charge is 2.12. The number of alkyl halides is 1. The lowest BCUT2D eigenvalue weighted by atomic mass is 10.2. The summed E-state index contributed by atoms with van der Waals surface area (Å²) >= 11 is 5.71. The van der Waals surface area contributed by atoms with Gasteiger partial charge in [0.1, 0.15) is 11.2 Å². The van der Waals surface area contributed by atoms with Crippen molar-refractivity contribution in [3.05, 3.63) is 30.1 Å². The van der Waals surface area contributed by atoms with Gasteiger partial charge in [-0.2, -0.15) is 0 Å². The minimum atomic E-state index is -0.542. The zero-order chi connectivity index (χ0) is 10.6. The Morgan fingerprint density at radius 3 is 2.57 bits per heavy atom. The third-order valence-corrected chi connectivity index (χ3v) is 2.26. The number of nitrogens with one attached hydrogen (secondary N) is 1. The second kappa shape index (κ2) is 4.96. The predicted molar refractivity (Wildman–Crippen MR) is 55.0 cm³/mol. The molecule has 0 radical (unpaired) electrons. The molecule has 0 bridgehead atoms. The Balaban J connectivity index is 2.60. The van der Waals surface area contributed by atoms with Crippen LogP contribution in [0.4, 0.5) is 10.1 Å². The molecule has 1 rings (SSSR count). The Morgan fingerprint density at radius 2 is 2.07 bits per heavy atom. The molecule has 4 heteroatoms. The van der Waals surface area contributed by atoms with Crippen LogP contribution in [0.5, 0.6) is 0 Å². The molecule has 1 aromatic carbocycles. The summed E-state index contributed by atoms with van der Waals surface area (Å²) in [5, 5.41) is 2.04. The van der Waals surface area contributed by atoms with Gasteiger partial charge < -0.3 is 5.32 Å². The summed E-state index contributed by atoms with van der Waals surface area (Å²) in [4.78, 5) is 11.3. The lowest BCUT2D eigenvalue weighted by molar-refractivity contribution is -0.115. The van der Waals surface area contributed by atoms with E-state index in [4.69, 9.17) is 11.6 Å². The molecule has 0 saturated heterocycles. The monoisotopic (exact) mass is 215 g/mol. The first-order valence-electron chi connectivity index (χ1n) is 4.34. The van der Waals surface area contributed by atoms with Crippen LogP contribution in [0.2, 0.25) is 0 Å². The van der Waals surface area contributed by atoms with E-state index in [-0.39, 0.29) is 11.7 Å². The van der Waals surface area contributed by atoms with Crippen molar-refractivity contribution in [1.82, 2.24) is 0 Å². The second-order valence-corrected chi connectivity index (χ2v) is 3.40. The molecule has 0 fully saturated rings. The van der Waals surface area contributed by atoms with Crippen molar-refractivity contribution in [3.8, 4) is 0 Å². The molecule has 0 spiro atoms. The van der Waals surface area contributed by atoms with Gasteiger partial charge in [-0.3, -0.25) is 4.79 Å². The van der Waals surface area contributed by atoms with Gasteiger partial charge in [-0.15, -0.1) is 11.6 Å². The average molecular weight is 216 g/mol. The van der Waals surface area contributed by atoms with E-state index in [1.165, 1.54) is 24.3 Å². The highest BCUT2D eigenvalue weighted by atomic mass is 35.5. The average Bonchev–Trinajstić information content (AvgIpc) is 2.20. The number of rotatable bonds is 3. The van der Waals surface area contributed by atoms with Gasteiger partial charge in [-0.05, 0) is 30.7 Å². The van der Waals surface area contributed by atoms with Crippen LogP contribution in [0.3, 0.4) is 0 Å². The van der Waals surface area contributed by atoms with Crippen LogP contribution in [-0.4, -0.2) is 11.3 Å². The molecule has 0 saturated carbocycles. The first-order chi connectivity index (χ1) is 6.63. The number of carbonyl (C=O) groups is 1. The molecule has 2 nitrogen and oxygen atoms in total. The van der Waals surface area contributed by atoms with Gasteiger partial charge in [0.05, 0.1) is 0 Å². The minimum absolute atomic E-state index is 0.263. The third kappa shape index (κ3) is 3.00. The maximum atomic E-state index is 12.5. The van der Waals surface area contributed by atoms with Gasteiger partial charge in [0.25, 0.3) is 0 Å². The highest BCUT2D eigenvalue weighted by Crippen LogP contribution is 2.10. The van der Waals surface area contributed by atoms with Gasteiger partial charge in [0.15, 0.2) is 0 Å². The normalized spacial score (nSPS) is 12.2. The van der Waals surface area contributed by atoms with Crippen molar-refractivity contribution in [2.75, 3.05) is 5.32 Å². The third-order valence-electron chi connectivity index (χ3n) is 1.75. The lowest BCUT2D eigenvalue weighted by Crippen LogP contribution is -2.22. The minimum Gasteiger partial charge on any atom is -0.325 e. The Morgan fingerprint density at radius 1 is 1.50 bits per heavy atom. The number of amides is 1. The van der Waals surface area contributed by atoms with Crippen LogP contribution >= 0.6 is 11.6 Å². The van der Waals surface area contributed by atoms with Crippen molar-refractivity contribution in [2.45, 2.75) is 18.7 Å². The van der Waals surface area contributed by atoms with E-state index in [1.807, 2.05) is 6.92 Å². The number of hydrogen-bond donors (Lipinski definition) is 1. The van der Waals surface area contributed by atoms with E-state index in [0.29, 0.717) is 12.1 Å². The first-order valence-corrected chi connectivity index (χ1v) is 4.77. The molecule has 14 heavy (non-hydrogen) atoms. The largest absolute Gasteiger partial charge is 0.325 e. The van der Waals surface area contributed by atoms with Crippen molar-refractivity contribution < 1.29 is 9.18 Å². The molecular formula is C10H11ClFNO. The van der Waals surface area contributed by atoms with E-state index in [2.05, 4.69) is 5.32 Å². The summed E-state index contributed by atoms with van der Waals surface area (Å²) in [6, 6.07) is 5.55. The molecular weight excluding hydrogens is 205 g/mol. The summed E-state index contributed by atoms with van der Waals surface area (Å²) < 4.78 is 12.5. The van der Waals surface area contributed by atoms with Crippen LogP contribution in [0.1, 0.15) is 13.3 Å². The maximum absolute atomic E-state index is 12.5. The molecule has 1 amide bonds. The van der Waals surface area contributed by atoms with E-state index in [1.54, 1.807) is 0 Å². The van der Waals surface area contributed by atoms with Crippen LogP contribution in [-0.2, 0) is 4.79 Å². The first kappa shape index (κ1) is 11.0. The molecule has 0 aliphatic heterocycles. The summed E-state index contributed by atoms with van der Waals surface area (Å²) in [7, 11) is 0. The van der Waals surface area contributed by atoms with Crippen molar-refractivity contribution >= 4 is 23.2 Å². The molecule has 1 aromatic rings. The Labute approximate surface area is 87.1 Å². The van der Waals surface area contributed by atoms with Crippen LogP contribution < -0.4 is 5.32 Å². The molecule has 1 atom stereocenters. The molecule has 0 aliphatic rings. The molecule has 0 heterocycles. The van der Waals surface area contributed by atoms with E-state index in [9.17, 15) is 9.18 Å². The lowest BCUT2D eigenvalue weighted by Gasteiger charge is -2.07. The fourth-order valence-electron chi connectivity index (χ4n) is 0.939. The summed E-state index contributed by atoms with van der Waals surface area (Å²) in [5.41, 5.74) is 0.551. The van der Waals surface area contributed by atoms with E-state index in [0.717, 1.165) is 0 Å².